The van der Waals surface area contributed by atoms with E-state index in [2.05, 4.69) is 10.4 Å². The van der Waals surface area contributed by atoms with Crippen LogP contribution in [0, 0.1) is 10.1 Å². The molecule has 1 aromatic carbocycles. The zero-order valence-corrected chi connectivity index (χ0v) is 14.1. The van der Waals surface area contributed by atoms with Gasteiger partial charge in [-0.05, 0) is 30.5 Å². The summed E-state index contributed by atoms with van der Waals surface area (Å²) in [5.74, 6) is 0.334. The molecule has 0 bridgehead atoms. The Labute approximate surface area is 149 Å². The minimum Gasteiger partial charge on any atom is -0.307 e. The number of amides is 1. The fourth-order valence-electron chi connectivity index (χ4n) is 2.97. The van der Waals surface area contributed by atoms with Crippen molar-refractivity contribution in [2.45, 2.75) is 31.7 Å². The predicted octanol–water partition coefficient (Wildman–Crippen LogP) is 4.21. The Hall–Kier alpha value is -2.67. The van der Waals surface area contributed by atoms with Gasteiger partial charge < -0.3 is 5.32 Å². The summed E-state index contributed by atoms with van der Waals surface area (Å²) in [4.78, 5) is 22.5. The van der Waals surface area contributed by atoms with Gasteiger partial charge in [-0.2, -0.15) is 5.10 Å². The SMILES string of the molecule is O=C(C=Cc1ccc(Cl)c([N+](=O)[O-])c1)Nc1ccnn1C1CCCC1. The minimum atomic E-state index is -0.556. The van der Waals surface area contributed by atoms with Crippen LogP contribution in [0.1, 0.15) is 37.3 Å². The van der Waals surface area contributed by atoms with Crippen molar-refractivity contribution in [2.75, 3.05) is 5.32 Å². The molecule has 0 aliphatic heterocycles. The largest absolute Gasteiger partial charge is 0.307 e. The van der Waals surface area contributed by atoms with E-state index in [0.29, 0.717) is 17.4 Å². The Bertz CT molecular complexity index is 825. The van der Waals surface area contributed by atoms with Crippen molar-refractivity contribution in [1.29, 1.82) is 0 Å². The standard InChI is InChI=1S/C17H17ClN4O3/c18-14-7-5-12(11-15(14)22(24)25)6-8-17(23)20-16-9-10-19-21(16)13-3-1-2-4-13/h5-11,13H,1-4H2,(H,20,23). The molecule has 1 saturated carbocycles. The number of benzene rings is 1. The van der Waals surface area contributed by atoms with Crippen molar-refractivity contribution < 1.29 is 9.72 Å². The molecule has 0 atom stereocenters. The van der Waals surface area contributed by atoms with Crippen LogP contribution in [-0.4, -0.2) is 20.6 Å². The Morgan fingerprint density at radius 1 is 1.36 bits per heavy atom. The molecule has 1 amide bonds. The van der Waals surface area contributed by atoms with Crippen molar-refractivity contribution in [1.82, 2.24) is 9.78 Å². The van der Waals surface area contributed by atoms with Crippen LogP contribution in [0.5, 0.6) is 0 Å². The molecule has 0 unspecified atom stereocenters. The highest BCUT2D eigenvalue weighted by Gasteiger charge is 2.20. The highest BCUT2D eigenvalue weighted by atomic mass is 35.5. The van der Waals surface area contributed by atoms with Gasteiger partial charge in [0.1, 0.15) is 10.8 Å². The molecule has 2 aromatic rings. The topological polar surface area (TPSA) is 90.1 Å². The lowest BCUT2D eigenvalue weighted by molar-refractivity contribution is -0.384. The second-order valence-corrected chi connectivity index (χ2v) is 6.30. The summed E-state index contributed by atoms with van der Waals surface area (Å²) >= 11 is 5.77. The lowest BCUT2D eigenvalue weighted by Crippen LogP contribution is -2.15. The van der Waals surface area contributed by atoms with Crippen molar-refractivity contribution in [3.05, 3.63) is 57.2 Å². The Morgan fingerprint density at radius 2 is 2.12 bits per heavy atom. The molecule has 1 aliphatic rings. The molecule has 8 heteroatoms. The zero-order chi connectivity index (χ0) is 17.8. The molecule has 1 fully saturated rings. The molecule has 3 rings (SSSR count). The maximum Gasteiger partial charge on any atom is 0.288 e. The van der Waals surface area contributed by atoms with E-state index in [1.165, 1.54) is 37.1 Å². The number of nitrogens with one attached hydrogen (secondary N) is 1. The van der Waals surface area contributed by atoms with Gasteiger partial charge in [-0.15, -0.1) is 0 Å². The number of aromatic nitrogens is 2. The molecule has 1 aliphatic carbocycles. The summed E-state index contributed by atoms with van der Waals surface area (Å²) in [5.41, 5.74) is 0.332. The number of carbonyl (C=O) groups excluding carboxylic acids is 1. The maximum atomic E-state index is 12.1. The minimum absolute atomic E-state index is 0.0621. The number of nitro benzene ring substituents is 1. The van der Waals surface area contributed by atoms with Gasteiger partial charge in [-0.1, -0.05) is 30.5 Å². The lowest BCUT2D eigenvalue weighted by Gasteiger charge is -2.13. The first kappa shape index (κ1) is 17.2. The number of carbonyl (C=O) groups is 1. The van der Waals surface area contributed by atoms with Crippen LogP contribution in [0.3, 0.4) is 0 Å². The van der Waals surface area contributed by atoms with E-state index in [4.69, 9.17) is 11.6 Å². The third kappa shape index (κ3) is 4.06. The van der Waals surface area contributed by atoms with Crippen LogP contribution < -0.4 is 5.32 Å². The molecule has 1 aromatic heterocycles. The summed E-state index contributed by atoms with van der Waals surface area (Å²) in [6.45, 7) is 0. The monoisotopic (exact) mass is 360 g/mol. The van der Waals surface area contributed by atoms with Crippen molar-refractivity contribution >= 4 is 35.1 Å². The molecule has 25 heavy (non-hydrogen) atoms. The van der Waals surface area contributed by atoms with E-state index in [1.807, 2.05) is 4.68 Å². The number of hydrogen-bond donors (Lipinski definition) is 1. The van der Waals surface area contributed by atoms with Gasteiger partial charge in [0.05, 0.1) is 17.2 Å². The molecule has 0 radical (unpaired) electrons. The van der Waals surface area contributed by atoms with Gasteiger partial charge in [0.25, 0.3) is 5.69 Å². The number of halogens is 1. The summed E-state index contributed by atoms with van der Waals surface area (Å²) in [5, 5.41) is 18.1. The van der Waals surface area contributed by atoms with E-state index < -0.39 is 4.92 Å². The summed E-state index contributed by atoms with van der Waals surface area (Å²) in [6, 6.07) is 6.47. The van der Waals surface area contributed by atoms with Crippen LogP contribution in [0.4, 0.5) is 11.5 Å². The number of rotatable bonds is 5. The zero-order valence-electron chi connectivity index (χ0n) is 13.4. The van der Waals surface area contributed by atoms with E-state index in [1.54, 1.807) is 18.3 Å². The van der Waals surface area contributed by atoms with Gasteiger partial charge >= 0.3 is 0 Å². The van der Waals surface area contributed by atoms with Crippen molar-refractivity contribution in [3.8, 4) is 0 Å². The van der Waals surface area contributed by atoms with Crippen LogP contribution in [-0.2, 0) is 4.79 Å². The van der Waals surface area contributed by atoms with Gasteiger partial charge in [0.2, 0.25) is 5.91 Å². The smallest absolute Gasteiger partial charge is 0.288 e. The highest BCUT2D eigenvalue weighted by molar-refractivity contribution is 6.32. The lowest BCUT2D eigenvalue weighted by atomic mass is 10.2. The third-order valence-electron chi connectivity index (χ3n) is 4.19. The molecular weight excluding hydrogens is 344 g/mol. The Kier molecular flexibility index (Phi) is 5.14. The summed E-state index contributed by atoms with van der Waals surface area (Å²) < 4.78 is 1.85. The van der Waals surface area contributed by atoms with Crippen LogP contribution in [0.2, 0.25) is 5.02 Å². The number of nitro groups is 1. The number of hydrogen-bond acceptors (Lipinski definition) is 4. The highest BCUT2D eigenvalue weighted by Crippen LogP contribution is 2.31. The average molecular weight is 361 g/mol. The first-order chi connectivity index (χ1) is 12.0. The molecule has 1 N–H and O–H groups in total. The first-order valence-corrected chi connectivity index (χ1v) is 8.39. The fourth-order valence-corrected chi connectivity index (χ4v) is 3.15. The van der Waals surface area contributed by atoms with Crippen LogP contribution >= 0.6 is 11.6 Å². The van der Waals surface area contributed by atoms with E-state index in [-0.39, 0.29) is 16.6 Å². The first-order valence-electron chi connectivity index (χ1n) is 8.01. The second-order valence-electron chi connectivity index (χ2n) is 5.89. The molecule has 0 saturated heterocycles. The maximum absolute atomic E-state index is 12.1. The Balaban J connectivity index is 1.69. The second kappa shape index (κ2) is 7.48. The fraction of sp³-hybridized carbons (Fsp3) is 0.294. The van der Waals surface area contributed by atoms with Gasteiger partial charge in [0, 0.05) is 18.2 Å². The molecule has 7 nitrogen and oxygen atoms in total. The van der Waals surface area contributed by atoms with E-state index in [0.717, 1.165) is 12.8 Å². The average Bonchev–Trinajstić information content (AvgIpc) is 3.24. The molecule has 0 spiro atoms. The third-order valence-corrected chi connectivity index (χ3v) is 4.51. The quantitative estimate of drug-likeness (QED) is 0.491. The normalized spacial score (nSPS) is 14.9. The van der Waals surface area contributed by atoms with Crippen molar-refractivity contribution in [3.63, 3.8) is 0 Å². The molecular formula is C17H17ClN4O3. The number of anilines is 1. The van der Waals surface area contributed by atoms with Gasteiger partial charge in [0.15, 0.2) is 0 Å². The van der Waals surface area contributed by atoms with E-state index >= 15 is 0 Å². The predicted molar refractivity (Wildman–Crippen MR) is 95.5 cm³/mol. The summed E-state index contributed by atoms with van der Waals surface area (Å²) in [6.07, 6.45) is 8.98. The van der Waals surface area contributed by atoms with Gasteiger partial charge in [-0.3, -0.25) is 14.9 Å². The van der Waals surface area contributed by atoms with Gasteiger partial charge in [-0.25, -0.2) is 4.68 Å². The number of nitrogens with zero attached hydrogens (tertiary/aromatic N) is 3. The molecule has 1 heterocycles. The van der Waals surface area contributed by atoms with Crippen LogP contribution in [0.25, 0.3) is 6.08 Å². The summed E-state index contributed by atoms with van der Waals surface area (Å²) in [7, 11) is 0. The Morgan fingerprint density at radius 3 is 2.84 bits per heavy atom. The molecule has 130 valence electrons. The van der Waals surface area contributed by atoms with Crippen LogP contribution in [0.15, 0.2) is 36.5 Å². The van der Waals surface area contributed by atoms with E-state index in [9.17, 15) is 14.9 Å². The van der Waals surface area contributed by atoms with Crippen molar-refractivity contribution in [2.24, 2.45) is 0 Å².